The molecular weight excluding hydrogens is 226 g/mol. The monoisotopic (exact) mass is 239 g/mol. The van der Waals surface area contributed by atoms with Crippen LogP contribution in [0.1, 0.15) is 21.5 Å². The normalized spacial score (nSPS) is 13.4. The number of amides is 1. The number of fused-ring (bicyclic) bond motifs is 1. The quantitative estimate of drug-likeness (QED) is 0.825. The zero-order valence-corrected chi connectivity index (χ0v) is 9.84. The van der Waals surface area contributed by atoms with E-state index < -0.39 is 0 Å². The number of nitrogen functional groups attached to an aromatic ring is 1. The minimum absolute atomic E-state index is 0.00120. The maximum atomic E-state index is 12.3. The molecule has 0 bridgehead atoms. The second-order valence-corrected chi connectivity index (χ2v) is 4.40. The molecule has 2 N–H and O–H groups in total. The number of aromatic nitrogens is 1. The van der Waals surface area contributed by atoms with Gasteiger partial charge in [0.15, 0.2) is 0 Å². The summed E-state index contributed by atoms with van der Waals surface area (Å²) in [6, 6.07) is 11.5. The van der Waals surface area contributed by atoms with Gasteiger partial charge in [0, 0.05) is 19.3 Å². The third kappa shape index (κ3) is 1.82. The summed E-state index contributed by atoms with van der Waals surface area (Å²) in [5.41, 5.74) is 8.53. The molecule has 1 amide bonds. The van der Waals surface area contributed by atoms with Gasteiger partial charge in [-0.15, -0.1) is 0 Å². The lowest BCUT2D eigenvalue weighted by Gasteiger charge is -2.15. The number of hydrogen-bond acceptors (Lipinski definition) is 3. The van der Waals surface area contributed by atoms with Gasteiger partial charge >= 0.3 is 0 Å². The Morgan fingerprint density at radius 3 is 2.33 bits per heavy atom. The first-order chi connectivity index (χ1) is 8.74. The summed E-state index contributed by atoms with van der Waals surface area (Å²) in [4.78, 5) is 18.0. The molecule has 1 aromatic carbocycles. The Morgan fingerprint density at radius 1 is 1.11 bits per heavy atom. The minimum atomic E-state index is -0.00120. The van der Waals surface area contributed by atoms with Gasteiger partial charge in [-0.2, -0.15) is 0 Å². The van der Waals surface area contributed by atoms with Gasteiger partial charge < -0.3 is 10.6 Å². The number of rotatable bonds is 1. The van der Waals surface area contributed by atoms with Gasteiger partial charge in [-0.1, -0.05) is 24.3 Å². The molecule has 0 saturated carbocycles. The van der Waals surface area contributed by atoms with Gasteiger partial charge in [0.1, 0.15) is 5.82 Å². The summed E-state index contributed by atoms with van der Waals surface area (Å²) in [6.07, 6.45) is 1.53. The molecule has 0 radical (unpaired) electrons. The van der Waals surface area contributed by atoms with Crippen LogP contribution in [0.3, 0.4) is 0 Å². The summed E-state index contributed by atoms with van der Waals surface area (Å²) in [5.74, 6) is 0.426. The fourth-order valence-corrected chi connectivity index (χ4v) is 2.19. The van der Waals surface area contributed by atoms with Crippen LogP contribution in [0.15, 0.2) is 42.6 Å². The standard InChI is InChI=1S/C14H13N3O/c15-13-6-5-10(7-16-13)14(18)17-8-11-3-1-2-4-12(11)9-17/h1-7H,8-9H2,(H2,15,16). The van der Waals surface area contributed by atoms with E-state index in [2.05, 4.69) is 17.1 Å². The van der Waals surface area contributed by atoms with E-state index in [1.165, 1.54) is 17.3 Å². The highest BCUT2D eigenvalue weighted by Crippen LogP contribution is 2.23. The molecule has 2 aromatic rings. The first-order valence-electron chi connectivity index (χ1n) is 5.81. The summed E-state index contributed by atoms with van der Waals surface area (Å²) in [7, 11) is 0. The molecule has 0 saturated heterocycles. The van der Waals surface area contributed by atoms with E-state index in [0.717, 1.165) is 0 Å². The summed E-state index contributed by atoms with van der Waals surface area (Å²) in [6.45, 7) is 1.33. The number of carbonyl (C=O) groups is 1. The van der Waals surface area contributed by atoms with E-state index >= 15 is 0 Å². The molecule has 4 heteroatoms. The zero-order chi connectivity index (χ0) is 12.5. The predicted octanol–water partition coefficient (Wildman–Crippen LogP) is 1.82. The smallest absolute Gasteiger partial charge is 0.256 e. The van der Waals surface area contributed by atoms with Gasteiger partial charge in [0.05, 0.1) is 5.56 Å². The van der Waals surface area contributed by atoms with Crippen LogP contribution in [0.5, 0.6) is 0 Å². The molecule has 1 aliphatic heterocycles. The molecule has 0 unspecified atom stereocenters. The highest BCUT2D eigenvalue weighted by Gasteiger charge is 2.23. The maximum absolute atomic E-state index is 12.3. The second-order valence-electron chi connectivity index (χ2n) is 4.40. The van der Waals surface area contributed by atoms with E-state index in [-0.39, 0.29) is 5.91 Å². The van der Waals surface area contributed by atoms with Gasteiger partial charge in [-0.25, -0.2) is 4.98 Å². The zero-order valence-electron chi connectivity index (χ0n) is 9.84. The van der Waals surface area contributed by atoms with Crippen LogP contribution in [-0.4, -0.2) is 15.8 Å². The molecule has 4 nitrogen and oxygen atoms in total. The van der Waals surface area contributed by atoms with Crippen molar-refractivity contribution in [3.63, 3.8) is 0 Å². The van der Waals surface area contributed by atoms with Crippen LogP contribution < -0.4 is 5.73 Å². The Labute approximate surface area is 105 Å². The lowest BCUT2D eigenvalue weighted by atomic mass is 10.1. The van der Waals surface area contributed by atoms with Crippen LogP contribution in [0.2, 0.25) is 0 Å². The number of nitrogens with zero attached hydrogens (tertiary/aromatic N) is 2. The van der Waals surface area contributed by atoms with Crippen LogP contribution in [0.25, 0.3) is 0 Å². The predicted molar refractivity (Wildman–Crippen MR) is 68.7 cm³/mol. The van der Waals surface area contributed by atoms with Crippen molar-refractivity contribution in [2.75, 3.05) is 5.73 Å². The molecular formula is C14H13N3O. The van der Waals surface area contributed by atoms with Crippen molar-refractivity contribution in [1.29, 1.82) is 0 Å². The molecule has 0 atom stereocenters. The second kappa shape index (κ2) is 4.14. The summed E-state index contributed by atoms with van der Waals surface area (Å²) >= 11 is 0. The molecule has 3 rings (SSSR count). The van der Waals surface area contributed by atoms with Crippen LogP contribution in [0, 0.1) is 0 Å². The Kier molecular flexibility index (Phi) is 2.48. The Balaban J connectivity index is 1.82. The van der Waals surface area contributed by atoms with Crippen molar-refractivity contribution in [3.8, 4) is 0 Å². The maximum Gasteiger partial charge on any atom is 0.256 e. The van der Waals surface area contributed by atoms with E-state index in [4.69, 9.17) is 5.73 Å². The number of carbonyl (C=O) groups excluding carboxylic acids is 1. The Bertz CT molecular complexity index is 567. The largest absolute Gasteiger partial charge is 0.384 e. The molecule has 0 spiro atoms. The molecule has 0 fully saturated rings. The number of anilines is 1. The van der Waals surface area contributed by atoms with Crippen molar-refractivity contribution in [1.82, 2.24) is 9.88 Å². The average molecular weight is 239 g/mol. The number of pyridine rings is 1. The van der Waals surface area contributed by atoms with E-state index in [0.29, 0.717) is 24.5 Å². The highest BCUT2D eigenvalue weighted by molar-refractivity contribution is 5.94. The third-order valence-electron chi connectivity index (χ3n) is 3.16. The number of hydrogen-bond donors (Lipinski definition) is 1. The van der Waals surface area contributed by atoms with Crippen LogP contribution in [0.4, 0.5) is 5.82 Å². The SMILES string of the molecule is Nc1ccc(C(=O)N2Cc3ccccc3C2)cn1. The Hall–Kier alpha value is -2.36. The highest BCUT2D eigenvalue weighted by atomic mass is 16.2. The molecule has 18 heavy (non-hydrogen) atoms. The lowest BCUT2D eigenvalue weighted by Crippen LogP contribution is -2.25. The topological polar surface area (TPSA) is 59.2 Å². The van der Waals surface area contributed by atoms with Crippen molar-refractivity contribution in [3.05, 3.63) is 59.3 Å². The fourth-order valence-electron chi connectivity index (χ4n) is 2.19. The summed E-state index contributed by atoms with van der Waals surface area (Å²) < 4.78 is 0. The van der Waals surface area contributed by atoms with Gasteiger partial charge in [0.2, 0.25) is 0 Å². The van der Waals surface area contributed by atoms with Gasteiger partial charge in [-0.3, -0.25) is 4.79 Å². The van der Waals surface area contributed by atoms with Crippen molar-refractivity contribution in [2.45, 2.75) is 13.1 Å². The van der Waals surface area contributed by atoms with Crippen LogP contribution in [-0.2, 0) is 13.1 Å². The Morgan fingerprint density at radius 2 is 1.78 bits per heavy atom. The molecule has 1 aliphatic rings. The average Bonchev–Trinajstić information content (AvgIpc) is 2.82. The third-order valence-corrected chi connectivity index (χ3v) is 3.16. The van der Waals surface area contributed by atoms with Crippen LogP contribution >= 0.6 is 0 Å². The van der Waals surface area contributed by atoms with Crippen molar-refractivity contribution < 1.29 is 4.79 Å². The molecule has 2 heterocycles. The number of nitrogens with two attached hydrogens (primary N) is 1. The first-order valence-corrected chi connectivity index (χ1v) is 5.81. The minimum Gasteiger partial charge on any atom is -0.384 e. The summed E-state index contributed by atoms with van der Waals surface area (Å²) in [5, 5.41) is 0. The van der Waals surface area contributed by atoms with E-state index in [1.807, 2.05) is 17.0 Å². The molecule has 90 valence electrons. The fraction of sp³-hybridized carbons (Fsp3) is 0.143. The van der Waals surface area contributed by atoms with E-state index in [9.17, 15) is 4.79 Å². The van der Waals surface area contributed by atoms with Crippen molar-refractivity contribution >= 4 is 11.7 Å². The van der Waals surface area contributed by atoms with E-state index in [1.54, 1.807) is 12.1 Å². The van der Waals surface area contributed by atoms with Gasteiger partial charge in [0.25, 0.3) is 5.91 Å². The lowest BCUT2D eigenvalue weighted by molar-refractivity contribution is 0.0751. The number of benzene rings is 1. The first kappa shape index (κ1) is 10.8. The molecule has 1 aromatic heterocycles. The van der Waals surface area contributed by atoms with Crippen molar-refractivity contribution in [2.24, 2.45) is 0 Å². The molecule has 0 aliphatic carbocycles. The van der Waals surface area contributed by atoms with Gasteiger partial charge in [-0.05, 0) is 23.3 Å².